The van der Waals surface area contributed by atoms with Crippen molar-refractivity contribution in [2.75, 3.05) is 0 Å². The van der Waals surface area contributed by atoms with Crippen LogP contribution < -0.4 is 0 Å². The summed E-state index contributed by atoms with van der Waals surface area (Å²) in [6.45, 7) is 0. The van der Waals surface area contributed by atoms with Crippen LogP contribution in [0.3, 0.4) is 0 Å². The van der Waals surface area contributed by atoms with Gasteiger partial charge in [0, 0.05) is 33.1 Å². The molecule has 5 aromatic carbocycles. The minimum Gasteiger partial charge on any atom is -0.237 e. The first-order chi connectivity index (χ1) is 19.2. The van der Waals surface area contributed by atoms with E-state index in [9.17, 15) is 4.21 Å². The van der Waals surface area contributed by atoms with E-state index in [0.717, 1.165) is 38.6 Å². The third-order valence-electron chi connectivity index (χ3n) is 6.89. The van der Waals surface area contributed by atoms with Crippen LogP contribution in [0.25, 0.3) is 38.9 Å². The molecule has 5 heteroatoms. The summed E-state index contributed by atoms with van der Waals surface area (Å²) in [5.41, 5.74) is 6.75. The van der Waals surface area contributed by atoms with Crippen molar-refractivity contribution in [1.29, 1.82) is 0 Å². The van der Waals surface area contributed by atoms with Gasteiger partial charge in [0.1, 0.15) is 9.73 Å². The minimum absolute atomic E-state index is 0.203. The van der Waals surface area contributed by atoms with Crippen LogP contribution in [0.5, 0.6) is 0 Å². The summed E-state index contributed by atoms with van der Waals surface area (Å²) in [5.74, 6) is 0. The maximum absolute atomic E-state index is 15.0. The van der Waals surface area contributed by atoms with Crippen molar-refractivity contribution < 1.29 is 4.21 Å². The Morgan fingerprint density at radius 2 is 1.08 bits per heavy atom. The molecule has 1 aliphatic rings. The van der Waals surface area contributed by atoms with Crippen molar-refractivity contribution in [3.05, 3.63) is 150 Å². The molecule has 0 spiro atoms. The van der Waals surface area contributed by atoms with Crippen molar-refractivity contribution >= 4 is 31.8 Å². The van der Waals surface area contributed by atoms with E-state index >= 15 is 0 Å². The molecule has 0 bridgehead atoms. The van der Waals surface area contributed by atoms with Gasteiger partial charge in [0.2, 0.25) is 5.16 Å². The third-order valence-corrected chi connectivity index (χ3v) is 8.60. The fourth-order valence-electron chi connectivity index (χ4n) is 4.96. The van der Waals surface area contributed by atoms with Crippen LogP contribution in [0.15, 0.2) is 148 Å². The second-order valence-electron chi connectivity index (χ2n) is 9.39. The molecule has 1 aromatic heterocycles. The van der Waals surface area contributed by atoms with Gasteiger partial charge in [-0.05, 0) is 17.0 Å². The van der Waals surface area contributed by atoms with Gasteiger partial charge in [-0.25, -0.2) is 14.2 Å². The SMILES string of the molecule is O=S1(c2nc(-c3ccccc3)cc(-c3ccccc3)n2)=Nc2c(ccc3ccccc23)C(c2ccccc2)=C1. The lowest BCUT2D eigenvalue weighted by Crippen LogP contribution is -2.09. The molecule has 0 saturated carbocycles. The first kappa shape index (κ1) is 23.3. The van der Waals surface area contributed by atoms with Gasteiger partial charge in [-0.15, -0.1) is 0 Å². The number of aromatic nitrogens is 2. The number of hydrogen-bond donors (Lipinski definition) is 0. The Labute approximate surface area is 227 Å². The number of hydrogen-bond acceptors (Lipinski definition) is 4. The lowest BCUT2D eigenvalue weighted by atomic mass is 9.95. The predicted octanol–water partition coefficient (Wildman–Crippen LogP) is 8.53. The molecule has 0 N–H and O–H groups in total. The summed E-state index contributed by atoms with van der Waals surface area (Å²) in [4.78, 5) is 9.76. The number of benzene rings is 5. The summed E-state index contributed by atoms with van der Waals surface area (Å²) < 4.78 is 19.9. The van der Waals surface area contributed by atoms with E-state index in [1.807, 2.05) is 121 Å². The Kier molecular flexibility index (Phi) is 5.64. The maximum atomic E-state index is 15.0. The molecule has 39 heavy (non-hydrogen) atoms. The Balaban J connectivity index is 1.54. The summed E-state index contributed by atoms with van der Waals surface area (Å²) >= 11 is 0. The second-order valence-corrected chi connectivity index (χ2v) is 11.3. The van der Waals surface area contributed by atoms with E-state index in [1.165, 1.54) is 0 Å². The van der Waals surface area contributed by atoms with Crippen LogP contribution in [0.4, 0.5) is 5.69 Å². The van der Waals surface area contributed by atoms with E-state index in [4.69, 9.17) is 14.3 Å². The van der Waals surface area contributed by atoms with Crippen LogP contribution in [-0.2, 0) is 9.73 Å². The van der Waals surface area contributed by atoms with E-state index < -0.39 is 9.73 Å². The van der Waals surface area contributed by atoms with E-state index in [0.29, 0.717) is 17.1 Å². The Morgan fingerprint density at radius 3 is 1.69 bits per heavy atom. The molecule has 0 radical (unpaired) electrons. The number of nitrogens with zero attached hydrogens (tertiary/aromatic N) is 3. The van der Waals surface area contributed by atoms with Crippen LogP contribution in [0.2, 0.25) is 0 Å². The number of fused-ring (bicyclic) bond motifs is 3. The summed E-state index contributed by atoms with van der Waals surface area (Å²) in [7, 11) is -3.19. The first-order valence-corrected chi connectivity index (χ1v) is 14.3. The van der Waals surface area contributed by atoms with Crippen molar-refractivity contribution in [1.82, 2.24) is 9.97 Å². The summed E-state index contributed by atoms with van der Waals surface area (Å²) in [5, 5.41) is 3.96. The molecule has 1 unspecified atom stereocenters. The molecule has 4 nitrogen and oxygen atoms in total. The highest BCUT2D eigenvalue weighted by Crippen LogP contribution is 2.43. The van der Waals surface area contributed by atoms with Gasteiger partial charge in [0.25, 0.3) is 0 Å². The molecule has 1 aliphatic heterocycles. The fourth-order valence-corrected chi connectivity index (χ4v) is 6.71. The fraction of sp³-hybridized carbons (Fsp3) is 0. The molecule has 0 aliphatic carbocycles. The standard InChI is InChI=1S/C34H23N3OS/c38-39(34-35-31(26-15-6-2-7-16-26)22-32(36-34)27-17-8-3-9-18-27)23-30(24-12-4-1-5-13-24)29-21-20-25-14-10-11-19-28(25)33(29)37-39/h1-23H. The predicted molar refractivity (Wildman–Crippen MR) is 159 cm³/mol. The normalized spacial score (nSPS) is 16.3. The highest BCUT2D eigenvalue weighted by atomic mass is 32.2. The van der Waals surface area contributed by atoms with E-state index in [2.05, 4.69) is 12.1 Å². The van der Waals surface area contributed by atoms with Crippen LogP contribution in [0.1, 0.15) is 11.1 Å². The van der Waals surface area contributed by atoms with Gasteiger partial charge in [-0.2, -0.15) is 4.36 Å². The highest BCUT2D eigenvalue weighted by Gasteiger charge is 2.26. The average Bonchev–Trinajstić information content (AvgIpc) is 3.02. The zero-order valence-corrected chi connectivity index (χ0v) is 21.8. The summed E-state index contributed by atoms with van der Waals surface area (Å²) in [6.07, 6.45) is 0. The van der Waals surface area contributed by atoms with Crippen LogP contribution in [-0.4, -0.2) is 14.2 Å². The molecule has 6 aromatic rings. The molecule has 186 valence electrons. The lowest BCUT2D eigenvalue weighted by molar-refractivity contribution is 0.675. The minimum atomic E-state index is -3.19. The van der Waals surface area contributed by atoms with E-state index in [1.54, 1.807) is 5.41 Å². The van der Waals surface area contributed by atoms with Crippen molar-refractivity contribution in [2.24, 2.45) is 4.36 Å². The molecule has 0 amide bonds. The maximum Gasteiger partial charge on any atom is 0.232 e. The molecule has 0 saturated heterocycles. The molecule has 7 rings (SSSR count). The molecule has 1 atom stereocenters. The smallest absolute Gasteiger partial charge is 0.232 e. The largest absolute Gasteiger partial charge is 0.237 e. The lowest BCUT2D eigenvalue weighted by Gasteiger charge is -2.20. The van der Waals surface area contributed by atoms with Gasteiger partial charge in [-0.3, -0.25) is 0 Å². The van der Waals surface area contributed by atoms with Gasteiger partial charge < -0.3 is 0 Å². The number of rotatable bonds is 4. The van der Waals surface area contributed by atoms with Gasteiger partial charge in [0.15, 0.2) is 0 Å². The molecular weight excluding hydrogens is 498 g/mol. The van der Waals surface area contributed by atoms with Crippen LogP contribution in [0, 0.1) is 0 Å². The Hall–Kier alpha value is -4.87. The molecule has 2 heterocycles. The second kappa shape index (κ2) is 9.46. The monoisotopic (exact) mass is 521 g/mol. The Morgan fingerprint density at radius 1 is 0.538 bits per heavy atom. The first-order valence-electron chi connectivity index (χ1n) is 12.7. The summed E-state index contributed by atoms with van der Waals surface area (Å²) in [6, 6.07) is 44.0. The Bertz CT molecular complexity index is 1940. The zero-order chi connectivity index (χ0) is 26.2. The third kappa shape index (κ3) is 4.23. The highest BCUT2D eigenvalue weighted by molar-refractivity contribution is 7.96. The van der Waals surface area contributed by atoms with Crippen molar-refractivity contribution in [3.8, 4) is 22.5 Å². The van der Waals surface area contributed by atoms with Gasteiger partial charge in [-0.1, -0.05) is 127 Å². The van der Waals surface area contributed by atoms with E-state index in [-0.39, 0.29) is 5.16 Å². The average molecular weight is 522 g/mol. The molecule has 0 fully saturated rings. The van der Waals surface area contributed by atoms with Gasteiger partial charge in [0.05, 0.1) is 17.1 Å². The van der Waals surface area contributed by atoms with Crippen LogP contribution >= 0.6 is 0 Å². The quantitative estimate of drug-likeness (QED) is 0.218. The zero-order valence-electron chi connectivity index (χ0n) is 20.9. The topological polar surface area (TPSA) is 55.2 Å². The van der Waals surface area contributed by atoms with Crippen molar-refractivity contribution in [3.63, 3.8) is 0 Å². The molecular formula is C34H23N3OS. The van der Waals surface area contributed by atoms with Gasteiger partial charge >= 0.3 is 0 Å². The van der Waals surface area contributed by atoms with Crippen molar-refractivity contribution in [2.45, 2.75) is 5.16 Å².